The topological polar surface area (TPSA) is 73.8 Å². The summed E-state index contributed by atoms with van der Waals surface area (Å²) in [6.45, 7) is 0. The van der Waals surface area contributed by atoms with E-state index in [9.17, 15) is 4.79 Å². The Morgan fingerprint density at radius 1 is 1.10 bits per heavy atom. The van der Waals surface area contributed by atoms with Gasteiger partial charge in [-0.05, 0) is 10.3 Å². The van der Waals surface area contributed by atoms with Crippen molar-refractivity contribution in [2.24, 2.45) is 7.05 Å². The van der Waals surface area contributed by atoms with Crippen LogP contribution in [-0.2, 0) is 7.05 Å². The molecule has 0 aliphatic rings. The molecule has 0 atom stereocenters. The third kappa shape index (κ3) is 1.66. The van der Waals surface area contributed by atoms with Gasteiger partial charge >= 0.3 is 0 Å². The van der Waals surface area contributed by atoms with Gasteiger partial charge in [-0.25, -0.2) is 9.61 Å². The van der Waals surface area contributed by atoms with Crippen molar-refractivity contribution in [3.8, 4) is 11.3 Å². The van der Waals surface area contributed by atoms with Crippen LogP contribution in [0.1, 0.15) is 0 Å². The first kappa shape index (κ1) is 11.8. The average molecular weight is 278 g/mol. The molecule has 1 aromatic carbocycles. The van der Waals surface area contributed by atoms with Gasteiger partial charge in [-0.2, -0.15) is 0 Å². The van der Waals surface area contributed by atoms with Crippen molar-refractivity contribution in [1.82, 2.24) is 19.9 Å². The van der Waals surface area contributed by atoms with Crippen molar-refractivity contribution in [1.29, 1.82) is 0 Å². The molecule has 0 radical (unpaired) electrons. The van der Waals surface area contributed by atoms with Crippen LogP contribution in [0.15, 0.2) is 52.0 Å². The summed E-state index contributed by atoms with van der Waals surface area (Å²) in [6, 6.07) is 11.1. The number of aromatic nitrogens is 4. The third-order valence-corrected chi connectivity index (χ3v) is 3.48. The Bertz CT molecular complexity index is 1020. The van der Waals surface area contributed by atoms with Crippen molar-refractivity contribution < 1.29 is 4.63 Å². The lowest BCUT2D eigenvalue weighted by Gasteiger charge is -2.08. The fraction of sp³-hybridized carbons (Fsp3) is 0.0667. The Morgan fingerprint density at radius 3 is 2.71 bits per heavy atom. The third-order valence-electron chi connectivity index (χ3n) is 3.48. The zero-order valence-electron chi connectivity index (χ0n) is 11.1. The van der Waals surface area contributed by atoms with Gasteiger partial charge in [0.1, 0.15) is 0 Å². The number of pyridine rings is 2. The predicted octanol–water partition coefficient (Wildman–Crippen LogP) is 2.14. The molecule has 102 valence electrons. The highest BCUT2D eigenvalue weighted by Crippen LogP contribution is 2.28. The molecule has 0 aliphatic carbocycles. The summed E-state index contributed by atoms with van der Waals surface area (Å²) in [5.41, 5.74) is 2.91. The molecule has 6 nitrogen and oxygen atoms in total. The molecule has 0 amide bonds. The average Bonchev–Trinajstić information content (AvgIpc) is 2.99. The summed E-state index contributed by atoms with van der Waals surface area (Å²) in [4.78, 5) is 16.8. The van der Waals surface area contributed by atoms with E-state index < -0.39 is 0 Å². The maximum absolute atomic E-state index is 12.4. The second-order valence-corrected chi connectivity index (χ2v) is 4.78. The molecule has 6 heteroatoms. The van der Waals surface area contributed by atoms with Gasteiger partial charge < -0.3 is 4.57 Å². The number of nitrogens with zero attached hydrogens (tertiary/aromatic N) is 4. The van der Waals surface area contributed by atoms with Crippen LogP contribution >= 0.6 is 0 Å². The molecule has 0 fully saturated rings. The molecular weight excluding hydrogens is 268 g/mol. The van der Waals surface area contributed by atoms with Gasteiger partial charge in [0.05, 0.1) is 16.6 Å². The molecule has 0 N–H and O–H groups in total. The fourth-order valence-corrected chi connectivity index (χ4v) is 2.52. The lowest BCUT2D eigenvalue weighted by Crippen LogP contribution is -2.08. The van der Waals surface area contributed by atoms with E-state index in [1.54, 1.807) is 6.20 Å². The standard InChI is InChI=1S/C15H10N4O2/c1-19-8-7-10(20)11-12(9-5-3-2-4-6-9)16-15-13(14(11)19)17-21-18-15/h2-8H,1H3. The lowest BCUT2D eigenvalue weighted by atomic mass is 10.1. The summed E-state index contributed by atoms with van der Waals surface area (Å²) >= 11 is 0. The van der Waals surface area contributed by atoms with E-state index in [0.717, 1.165) is 5.56 Å². The largest absolute Gasteiger partial charge is 0.348 e. The Balaban J connectivity index is 2.29. The Morgan fingerprint density at radius 2 is 1.90 bits per heavy atom. The number of hydrogen-bond acceptors (Lipinski definition) is 5. The summed E-state index contributed by atoms with van der Waals surface area (Å²) in [5, 5.41) is 8.21. The normalized spacial score (nSPS) is 11.3. The molecule has 0 saturated heterocycles. The maximum atomic E-state index is 12.4. The molecule has 4 rings (SSSR count). The summed E-state index contributed by atoms with van der Waals surface area (Å²) < 4.78 is 6.61. The molecule has 4 aromatic rings. The van der Waals surface area contributed by atoms with Crippen molar-refractivity contribution in [2.75, 3.05) is 0 Å². The first-order chi connectivity index (χ1) is 10.3. The molecule has 3 heterocycles. The number of fused-ring (bicyclic) bond motifs is 3. The zero-order chi connectivity index (χ0) is 14.4. The molecule has 0 saturated carbocycles. The first-order valence-electron chi connectivity index (χ1n) is 6.43. The van der Waals surface area contributed by atoms with Crippen molar-refractivity contribution in [3.63, 3.8) is 0 Å². The zero-order valence-corrected chi connectivity index (χ0v) is 11.1. The van der Waals surface area contributed by atoms with Crippen molar-refractivity contribution >= 4 is 22.1 Å². The van der Waals surface area contributed by atoms with E-state index in [0.29, 0.717) is 27.8 Å². The molecule has 21 heavy (non-hydrogen) atoms. The Hall–Kier alpha value is -3.02. The second kappa shape index (κ2) is 4.24. The van der Waals surface area contributed by atoms with Crippen LogP contribution in [-0.4, -0.2) is 19.9 Å². The van der Waals surface area contributed by atoms with E-state index in [4.69, 9.17) is 4.63 Å². The van der Waals surface area contributed by atoms with Gasteiger partial charge in [0.2, 0.25) is 5.65 Å². The maximum Gasteiger partial charge on any atom is 0.226 e. The van der Waals surface area contributed by atoms with E-state index >= 15 is 0 Å². The highest BCUT2D eigenvalue weighted by Gasteiger charge is 2.17. The van der Waals surface area contributed by atoms with Crippen LogP contribution in [0, 0.1) is 0 Å². The van der Waals surface area contributed by atoms with Crippen LogP contribution < -0.4 is 5.43 Å². The van der Waals surface area contributed by atoms with Gasteiger partial charge in [-0.3, -0.25) is 4.79 Å². The van der Waals surface area contributed by atoms with Gasteiger partial charge in [0.15, 0.2) is 10.9 Å². The minimum Gasteiger partial charge on any atom is -0.348 e. The summed E-state index contributed by atoms with van der Waals surface area (Å²) in [6.07, 6.45) is 1.70. The van der Waals surface area contributed by atoms with Crippen molar-refractivity contribution in [3.05, 3.63) is 52.8 Å². The van der Waals surface area contributed by atoms with Gasteiger partial charge in [0, 0.05) is 24.9 Å². The number of benzene rings is 1. The predicted molar refractivity (Wildman–Crippen MR) is 77.8 cm³/mol. The molecule has 0 unspecified atom stereocenters. The van der Waals surface area contributed by atoms with Crippen LogP contribution in [0.5, 0.6) is 0 Å². The van der Waals surface area contributed by atoms with E-state index in [2.05, 4.69) is 15.3 Å². The summed E-state index contributed by atoms with van der Waals surface area (Å²) in [7, 11) is 1.85. The van der Waals surface area contributed by atoms with E-state index in [1.165, 1.54) is 6.07 Å². The van der Waals surface area contributed by atoms with Gasteiger partial charge in [-0.15, -0.1) is 0 Å². The first-order valence-corrected chi connectivity index (χ1v) is 6.43. The Labute approximate surface area is 118 Å². The van der Waals surface area contributed by atoms with Gasteiger partial charge in [0.25, 0.3) is 0 Å². The molecule has 3 aromatic heterocycles. The van der Waals surface area contributed by atoms with Crippen LogP contribution in [0.2, 0.25) is 0 Å². The van der Waals surface area contributed by atoms with E-state index in [-0.39, 0.29) is 5.43 Å². The van der Waals surface area contributed by atoms with Crippen LogP contribution in [0.3, 0.4) is 0 Å². The molecule has 0 spiro atoms. The fourth-order valence-electron chi connectivity index (χ4n) is 2.52. The van der Waals surface area contributed by atoms with Gasteiger partial charge in [-0.1, -0.05) is 30.3 Å². The molecule has 0 bridgehead atoms. The summed E-state index contributed by atoms with van der Waals surface area (Å²) in [5.74, 6) is 0. The van der Waals surface area contributed by atoms with Crippen LogP contribution in [0.4, 0.5) is 0 Å². The minimum atomic E-state index is -0.0978. The minimum absolute atomic E-state index is 0.0978. The monoisotopic (exact) mass is 278 g/mol. The molecular formula is C15H10N4O2. The highest BCUT2D eigenvalue weighted by atomic mass is 16.6. The molecule has 0 aliphatic heterocycles. The second-order valence-electron chi connectivity index (χ2n) is 4.78. The quantitative estimate of drug-likeness (QED) is 0.533. The van der Waals surface area contributed by atoms with Crippen molar-refractivity contribution in [2.45, 2.75) is 0 Å². The Kier molecular flexibility index (Phi) is 2.38. The van der Waals surface area contributed by atoms with E-state index in [1.807, 2.05) is 41.9 Å². The SMILES string of the molecule is Cn1ccc(=O)c2c(-c3ccccc3)nc3nonc3c21. The number of aryl methyl sites for hydroxylation is 1. The lowest BCUT2D eigenvalue weighted by molar-refractivity contribution is 0.315. The smallest absolute Gasteiger partial charge is 0.226 e. The highest BCUT2D eigenvalue weighted by molar-refractivity contribution is 6.05. The number of hydrogen-bond donors (Lipinski definition) is 0. The number of rotatable bonds is 1. The van der Waals surface area contributed by atoms with Crippen LogP contribution in [0.25, 0.3) is 33.3 Å².